The van der Waals surface area contributed by atoms with Gasteiger partial charge in [-0.2, -0.15) is 0 Å². The molecule has 108 valence electrons. The van der Waals surface area contributed by atoms with Gasteiger partial charge in [0.2, 0.25) is 5.91 Å². The Morgan fingerprint density at radius 3 is 3.00 bits per heavy atom. The van der Waals surface area contributed by atoms with Crippen molar-refractivity contribution in [1.29, 1.82) is 0 Å². The summed E-state index contributed by atoms with van der Waals surface area (Å²) in [6, 6.07) is 7.79. The van der Waals surface area contributed by atoms with Crippen molar-refractivity contribution in [2.75, 3.05) is 26.4 Å². The van der Waals surface area contributed by atoms with Crippen LogP contribution in [0.4, 0.5) is 0 Å². The summed E-state index contributed by atoms with van der Waals surface area (Å²) in [6.07, 6.45) is 0.970. The normalized spacial score (nSPS) is 10.8. The second-order valence-electron chi connectivity index (χ2n) is 4.39. The summed E-state index contributed by atoms with van der Waals surface area (Å²) in [4.78, 5) is 19.2. The predicted octanol–water partition coefficient (Wildman–Crippen LogP) is 0.621. The number of nitrogens with one attached hydrogen (secondary N) is 2. The van der Waals surface area contributed by atoms with Gasteiger partial charge in [-0.25, -0.2) is 4.98 Å². The van der Waals surface area contributed by atoms with Crippen molar-refractivity contribution in [2.24, 2.45) is 0 Å². The van der Waals surface area contributed by atoms with Gasteiger partial charge in [0.05, 0.1) is 30.9 Å². The van der Waals surface area contributed by atoms with E-state index in [0.717, 1.165) is 16.9 Å². The van der Waals surface area contributed by atoms with Gasteiger partial charge < -0.3 is 20.1 Å². The molecule has 3 N–H and O–H groups in total. The first-order valence-corrected chi connectivity index (χ1v) is 6.68. The van der Waals surface area contributed by atoms with E-state index in [1.807, 2.05) is 24.3 Å². The highest BCUT2D eigenvalue weighted by atomic mass is 16.5. The van der Waals surface area contributed by atoms with Crippen LogP contribution in [-0.4, -0.2) is 47.3 Å². The van der Waals surface area contributed by atoms with E-state index in [-0.39, 0.29) is 12.5 Å². The Balaban J connectivity index is 1.70. The largest absolute Gasteiger partial charge is 0.394 e. The van der Waals surface area contributed by atoms with Crippen LogP contribution in [-0.2, 0) is 16.0 Å². The molecule has 1 aromatic heterocycles. The van der Waals surface area contributed by atoms with Gasteiger partial charge >= 0.3 is 0 Å². The van der Waals surface area contributed by atoms with E-state index in [1.54, 1.807) is 0 Å². The number of aryl methyl sites for hydroxylation is 1. The minimum atomic E-state index is -0.0296. The first kappa shape index (κ1) is 14.5. The van der Waals surface area contributed by atoms with Gasteiger partial charge in [0.15, 0.2) is 0 Å². The maximum absolute atomic E-state index is 11.6. The lowest BCUT2D eigenvalue weighted by molar-refractivity contribution is -0.121. The van der Waals surface area contributed by atoms with Gasteiger partial charge in [-0.1, -0.05) is 12.1 Å². The third-order valence-electron chi connectivity index (χ3n) is 2.83. The zero-order valence-electron chi connectivity index (χ0n) is 11.3. The number of amides is 1. The van der Waals surface area contributed by atoms with Crippen molar-refractivity contribution in [2.45, 2.75) is 12.8 Å². The van der Waals surface area contributed by atoms with Crippen LogP contribution in [0.25, 0.3) is 11.0 Å². The molecule has 0 radical (unpaired) electrons. The second-order valence-corrected chi connectivity index (χ2v) is 4.39. The summed E-state index contributed by atoms with van der Waals surface area (Å²) in [7, 11) is 0. The van der Waals surface area contributed by atoms with Gasteiger partial charge in [0.25, 0.3) is 0 Å². The number of nitrogens with zero attached hydrogens (tertiary/aromatic N) is 1. The fourth-order valence-corrected chi connectivity index (χ4v) is 1.87. The van der Waals surface area contributed by atoms with E-state index in [1.165, 1.54) is 0 Å². The summed E-state index contributed by atoms with van der Waals surface area (Å²) in [5.74, 6) is 0.788. The Morgan fingerprint density at radius 1 is 1.35 bits per heavy atom. The van der Waals surface area contributed by atoms with E-state index in [9.17, 15) is 4.79 Å². The molecule has 6 heteroatoms. The van der Waals surface area contributed by atoms with Crippen LogP contribution in [0.5, 0.6) is 0 Å². The molecule has 20 heavy (non-hydrogen) atoms. The van der Waals surface area contributed by atoms with Crippen LogP contribution in [0.3, 0.4) is 0 Å². The van der Waals surface area contributed by atoms with E-state index in [0.29, 0.717) is 32.6 Å². The quantitative estimate of drug-likeness (QED) is 0.617. The molecular formula is C14H19N3O3. The molecule has 0 saturated carbocycles. The highest BCUT2D eigenvalue weighted by molar-refractivity contribution is 5.77. The molecule has 6 nitrogen and oxygen atoms in total. The highest BCUT2D eigenvalue weighted by Gasteiger charge is 2.05. The average Bonchev–Trinajstić information content (AvgIpc) is 2.88. The number of carbonyl (C=O) groups is 1. The summed E-state index contributed by atoms with van der Waals surface area (Å²) in [5, 5.41) is 11.3. The van der Waals surface area contributed by atoms with Crippen LogP contribution in [0.1, 0.15) is 12.2 Å². The number of hydrogen-bond donors (Lipinski definition) is 3. The number of aromatic nitrogens is 2. The van der Waals surface area contributed by atoms with E-state index in [4.69, 9.17) is 9.84 Å². The molecule has 0 atom stereocenters. The minimum Gasteiger partial charge on any atom is -0.394 e. The third kappa shape index (κ3) is 4.32. The predicted molar refractivity (Wildman–Crippen MR) is 75.3 cm³/mol. The number of para-hydroxylation sites is 2. The van der Waals surface area contributed by atoms with Crippen LogP contribution in [0.2, 0.25) is 0 Å². The number of rotatable bonds is 8. The molecular weight excluding hydrogens is 258 g/mol. The second kappa shape index (κ2) is 7.62. The number of benzene rings is 1. The summed E-state index contributed by atoms with van der Waals surface area (Å²) < 4.78 is 5.05. The van der Waals surface area contributed by atoms with Gasteiger partial charge in [-0.15, -0.1) is 0 Å². The number of hydrogen-bond acceptors (Lipinski definition) is 4. The van der Waals surface area contributed by atoms with Crippen LogP contribution in [0.15, 0.2) is 24.3 Å². The van der Waals surface area contributed by atoms with Crippen molar-refractivity contribution in [3.63, 3.8) is 0 Å². The maximum atomic E-state index is 11.6. The summed E-state index contributed by atoms with van der Waals surface area (Å²) in [6.45, 7) is 1.17. The Hall–Kier alpha value is -1.92. The van der Waals surface area contributed by atoms with Crippen LogP contribution in [0, 0.1) is 0 Å². The molecule has 2 aromatic rings. The Morgan fingerprint density at radius 2 is 2.20 bits per heavy atom. The van der Waals surface area contributed by atoms with Gasteiger partial charge in [-0.3, -0.25) is 4.79 Å². The topological polar surface area (TPSA) is 87.2 Å². The molecule has 0 unspecified atom stereocenters. The van der Waals surface area contributed by atoms with Crippen molar-refractivity contribution < 1.29 is 14.6 Å². The zero-order valence-corrected chi connectivity index (χ0v) is 11.3. The molecule has 0 aliphatic heterocycles. The number of aromatic amines is 1. The molecule has 0 fully saturated rings. The number of carbonyl (C=O) groups excluding carboxylic acids is 1. The highest BCUT2D eigenvalue weighted by Crippen LogP contribution is 2.11. The molecule has 0 aliphatic rings. The number of imidazole rings is 1. The monoisotopic (exact) mass is 277 g/mol. The first-order chi connectivity index (χ1) is 9.79. The molecule has 0 spiro atoms. The number of fused-ring (bicyclic) bond motifs is 1. The number of ether oxygens (including phenoxy) is 1. The molecule has 1 heterocycles. The first-order valence-electron chi connectivity index (χ1n) is 6.68. The van der Waals surface area contributed by atoms with Gasteiger partial charge in [0, 0.05) is 19.4 Å². The fraction of sp³-hybridized carbons (Fsp3) is 0.429. The summed E-state index contributed by atoms with van der Waals surface area (Å²) >= 11 is 0. The number of H-pyrrole nitrogens is 1. The zero-order chi connectivity index (χ0) is 14.2. The number of aliphatic hydroxyl groups is 1. The van der Waals surface area contributed by atoms with Crippen LogP contribution >= 0.6 is 0 Å². The Labute approximate surface area is 117 Å². The lowest BCUT2D eigenvalue weighted by Crippen LogP contribution is -2.27. The minimum absolute atomic E-state index is 0.000000700. The van der Waals surface area contributed by atoms with E-state index in [2.05, 4.69) is 15.3 Å². The van der Waals surface area contributed by atoms with Crippen molar-refractivity contribution in [3.8, 4) is 0 Å². The lowest BCUT2D eigenvalue weighted by atomic mass is 10.3. The van der Waals surface area contributed by atoms with E-state index < -0.39 is 0 Å². The van der Waals surface area contributed by atoms with Crippen LogP contribution < -0.4 is 5.32 Å². The van der Waals surface area contributed by atoms with Gasteiger partial charge in [-0.05, 0) is 12.1 Å². The third-order valence-corrected chi connectivity index (χ3v) is 2.83. The molecule has 0 saturated heterocycles. The summed E-state index contributed by atoms with van der Waals surface area (Å²) in [5.41, 5.74) is 1.90. The Bertz CT molecular complexity index is 520. The van der Waals surface area contributed by atoms with Gasteiger partial charge in [0.1, 0.15) is 5.82 Å². The van der Waals surface area contributed by atoms with Crippen molar-refractivity contribution in [1.82, 2.24) is 15.3 Å². The van der Waals surface area contributed by atoms with Crippen molar-refractivity contribution >= 4 is 16.9 Å². The van der Waals surface area contributed by atoms with E-state index >= 15 is 0 Å². The number of aliphatic hydroxyl groups excluding tert-OH is 1. The SMILES string of the molecule is O=C(CCc1nc2ccccc2[nH]1)NCCOCCO. The maximum Gasteiger partial charge on any atom is 0.220 e. The standard InChI is InChI=1S/C14H19N3O3/c18-8-10-20-9-7-15-14(19)6-5-13-16-11-3-1-2-4-12(11)17-13/h1-4,18H,5-10H2,(H,15,19)(H,16,17). The Kier molecular flexibility index (Phi) is 5.52. The molecule has 0 aliphatic carbocycles. The fourth-order valence-electron chi connectivity index (χ4n) is 1.87. The van der Waals surface area contributed by atoms with Crippen molar-refractivity contribution in [3.05, 3.63) is 30.1 Å². The smallest absolute Gasteiger partial charge is 0.220 e. The average molecular weight is 277 g/mol. The molecule has 1 amide bonds. The molecule has 2 rings (SSSR count). The lowest BCUT2D eigenvalue weighted by Gasteiger charge is -2.04. The molecule has 0 bridgehead atoms. The molecule has 1 aromatic carbocycles.